The fraction of sp³-hybridized carbons (Fsp3) is 0.538. The van der Waals surface area contributed by atoms with Crippen LogP contribution in [0, 0.1) is 0 Å². The van der Waals surface area contributed by atoms with E-state index in [0.29, 0.717) is 6.10 Å². The summed E-state index contributed by atoms with van der Waals surface area (Å²) in [6.07, 6.45) is 2.68. The Balaban J connectivity index is 2.12. The van der Waals surface area contributed by atoms with E-state index in [1.54, 1.807) is 0 Å². The Hall–Kier alpha value is -0.0600. The molecule has 0 spiro atoms. The molecule has 0 bridgehead atoms. The van der Waals surface area contributed by atoms with Crippen molar-refractivity contribution in [3.8, 4) is 0 Å². The standard InChI is InChI=1S/C13H17Br2NO/c1-17-12-4-6-16(7-5-12)13-3-2-11(15)8-10(13)9-14/h2-3,8,12H,4-7,9H2,1H3. The minimum Gasteiger partial charge on any atom is -0.381 e. The lowest BCUT2D eigenvalue weighted by Crippen LogP contribution is -2.37. The van der Waals surface area contributed by atoms with Gasteiger partial charge in [0.05, 0.1) is 6.10 Å². The molecule has 1 heterocycles. The molecular weight excluding hydrogens is 346 g/mol. The highest BCUT2D eigenvalue weighted by atomic mass is 79.9. The molecule has 0 saturated carbocycles. The third-order valence-corrected chi connectivity index (χ3v) is 4.40. The van der Waals surface area contributed by atoms with Crippen LogP contribution in [0.5, 0.6) is 0 Å². The average Bonchev–Trinajstić information content (AvgIpc) is 2.39. The quantitative estimate of drug-likeness (QED) is 0.754. The maximum atomic E-state index is 5.41. The van der Waals surface area contributed by atoms with Crippen LogP contribution in [0.1, 0.15) is 18.4 Å². The van der Waals surface area contributed by atoms with Crippen LogP contribution in [0.2, 0.25) is 0 Å². The van der Waals surface area contributed by atoms with E-state index in [4.69, 9.17) is 4.74 Å². The van der Waals surface area contributed by atoms with E-state index < -0.39 is 0 Å². The molecule has 1 saturated heterocycles. The third kappa shape index (κ3) is 3.24. The largest absolute Gasteiger partial charge is 0.381 e. The van der Waals surface area contributed by atoms with Crippen LogP contribution in [-0.4, -0.2) is 26.3 Å². The van der Waals surface area contributed by atoms with Gasteiger partial charge in [-0.25, -0.2) is 0 Å². The van der Waals surface area contributed by atoms with Gasteiger partial charge in [-0.1, -0.05) is 31.9 Å². The van der Waals surface area contributed by atoms with Crippen molar-refractivity contribution in [3.63, 3.8) is 0 Å². The predicted octanol–water partition coefficient (Wildman–Crippen LogP) is 3.96. The second-order valence-corrected chi connectivity index (χ2v) is 5.81. The Morgan fingerprint density at radius 2 is 2.06 bits per heavy atom. The second-order valence-electron chi connectivity index (χ2n) is 4.33. The fourth-order valence-corrected chi connectivity index (χ4v) is 3.16. The topological polar surface area (TPSA) is 12.5 Å². The van der Waals surface area contributed by atoms with Gasteiger partial charge in [-0.05, 0) is 36.6 Å². The van der Waals surface area contributed by atoms with E-state index in [0.717, 1.165) is 35.7 Å². The lowest BCUT2D eigenvalue weighted by Gasteiger charge is -2.34. The van der Waals surface area contributed by atoms with Gasteiger partial charge in [0.15, 0.2) is 0 Å². The molecule has 0 unspecified atom stereocenters. The summed E-state index contributed by atoms with van der Waals surface area (Å²) in [5.74, 6) is 0. The highest BCUT2D eigenvalue weighted by Gasteiger charge is 2.20. The Morgan fingerprint density at radius 1 is 1.35 bits per heavy atom. The zero-order valence-corrected chi connectivity index (χ0v) is 13.1. The first-order valence-corrected chi connectivity index (χ1v) is 7.78. The summed E-state index contributed by atoms with van der Waals surface area (Å²) in [5, 5.41) is 0.895. The first-order chi connectivity index (χ1) is 8.24. The normalized spacial score (nSPS) is 17.5. The fourth-order valence-electron chi connectivity index (χ4n) is 2.30. The first kappa shape index (κ1) is 13.4. The van der Waals surface area contributed by atoms with Gasteiger partial charge in [0.1, 0.15) is 0 Å². The maximum Gasteiger partial charge on any atom is 0.0605 e. The van der Waals surface area contributed by atoms with Gasteiger partial charge in [-0.15, -0.1) is 0 Å². The lowest BCUT2D eigenvalue weighted by molar-refractivity contribution is 0.0819. The molecule has 1 aliphatic heterocycles. The molecule has 0 aromatic heterocycles. The van der Waals surface area contributed by atoms with Gasteiger partial charge in [0.25, 0.3) is 0 Å². The summed E-state index contributed by atoms with van der Waals surface area (Å²) in [6.45, 7) is 2.17. The summed E-state index contributed by atoms with van der Waals surface area (Å²) < 4.78 is 6.55. The molecule has 2 nitrogen and oxygen atoms in total. The molecule has 0 radical (unpaired) electrons. The van der Waals surface area contributed by atoms with Crippen molar-refractivity contribution in [2.45, 2.75) is 24.3 Å². The number of hydrogen-bond donors (Lipinski definition) is 0. The molecule has 0 atom stereocenters. The molecule has 2 rings (SSSR count). The van der Waals surface area contributed by atoms with Crippen molar-refractivity contribution in [1.82, 2.24) is 0 Å². The number of alkyl halides is 1. The molecule has 0 amide bonds. The van der Waals surface area contributed by atoms with E-state index in [1.807, 2.05) is 7.11 Å². The average molecular weight is 363 g/mol. The first-order valence-electron chi connectivity index (χ1n) is 5.86. The van der Waals surface area contributed by atoms with Crippen molar-refractivity contribution < 1.29 is 4.74 Å². The minimum atomic E-state index is 0.439. The highest BCUT2D eigenvalue weighted by Crippen LogP contribution is 2.29. The van der Waals surface area contributed by atoms with Crippen LogP contribution in [-0.2, 0) is 10.1 Å². The zero-order valence-electron chi connectivity index (χ0n) is 9.96. The predicted molar refractivity (Wildman–Crippen MR) is 79.0 cm³/mol. The number of anilines is 1. The summed E-state index contributed by atoms with van der Waals surface area (Å²) in [6, 6.07) is 6.50. The molecule has 1 aliphatic rings. The van der Waals surface area contributed by atoms with Gasteiger partial charge in [0.2, 0.25) is 0 Å². The molecule has 17 heavy (non-hydrogen) atoms. The van der Waals surface area contributed by atoms with Crippen molar-refractivity contribution >= 4 is 37.5 Å². The number of benzene rings is 1. The van der Waals surface area contributed by atoms with E-state index in [-0.39, 0.29) is 0 Å². The Morgan fingerprint density at radius 3 is 2.65 bits per heavy atom. The van der Waals surface area contributed by atoms with Crippen molar-refractivity contribution in [2.75, 3.05) is 25.1 Å². The zero-order chi connectivity index (χ0) is 12.3. The SMILES string of the molecule is COC1CCN(c2ccc(Br)cc2CBr)CC1. The van der Waals surface area contributed by atoms with Gasteiger partial charge >= 0.3 is 0 Å². The summed E-state index contributed by atoms with van der Waals surface area (Å²) in [4.78, 5) is 2.46. The van der Waals surface area contributed by atoms with Crippen LogP contribution in [0.4, 0.5) is 5.69 Å². The third-order valence-electron chi connectivity index (χ3n) is 3.30. The molecule has 94 valence electrons. The van der Waals surface area contributed by atoms with Crippen molar-refractivity contribution in [1.29, 1.82) is 0 Å². The van der Waals surface area contributed by atoms with E-state index in [1.165, 1.54) is 11.3 Å². The summed E-state index contributed by atoms with van der Waals surface area (Å²) >= 11 is 7.08. The van der Waals surface area contributed by atoms with E-state index >= 15 is 0 Å². The van der Waals surface area contributed by atoms with Gasteiger partial charge in [-0.3, -0.25) is 0 Å². The number of halogens is 2. The number of ether oxygens (including phenoxy) is 1. The molecule has 4 heteroatoms. The van der Waals surface area contributed by atoms with Gasteiger partial charge in [0, 0.05) is 35.7 Å². The summed E-state index contributed by atoms with van der Waals surface area (Å²) in [7, 11) is 1.81. The smallest absolute Gasteiger partial charge is 0.0605 e. The molecule has 1 aromatic carbocycles. The van der Waals surface area contributed by atoms with Crippen molar-refractivity contribution in [3.05, 3.63) is 28.2 Å². The number of piperidine rings is 1. The number of hydrogen-bond acceptors (Lipinski definition) is 2. The molecule has 0 N–H and O–H groups in total. The number of rotatable bonds is 3. The van der Waals surface area contributed by atoms with Gasteiger partial charge in [-0.2, -0.15) is 0 Å². The van der Waals surface area contributed by atoms with Crippen LogP contribution in [0.3, 0.4) is 0 Å². The molecular formula is C13H17Br2NO. The number of methoxy groups -OCH3 is 1. The number of nitrogens with zero attached hydrogens (tertiary/aromatic N) is 1. The van der Waals surface area contributed by atoms with Crippen LogP contribution >= 0.6 is 31.9 Å². The Labute approximate surface area is 120 Å². The monoisotopic (exact) mass is 361 g/mol. The highest BCUT2D eigenvalue weighted by molar-refractivity contribution is 9.10. The molecule has 0 aliphatic carbocycles. The Bertz CT molecular complexity index is 376. The van der Waals surface area contributed by atoms with Crippen LogP contribution in [0.25, 0.3) is 0 Å². The maximum absolute atomic E-state index is 5.41. The second kappa shape index (κ2) is 6.21. The summed E-state index contributed by atoms with van der Waals surface area (Å²) in [5.41, 5.74) is 2.69. The lowest BCUT2D eigenvalue weighted by atomic mass is 10.1. The molecule has 1 fully saturated rings. The minimum absolute atomic E-state index is 0.439. The van der Waals surface area contributed by atoms with Crippen LogP contribution < -0.4 is 4.90 Å². The Kier molecular flexibility index (Phi) is 4.88. The van der Waals surface area contributed by atoms with E-state index in [9.17, 15) is 0 Å². The van der Waals surface area contributed by atoms with Crippen molar-refractivity contribution in [2.24, 2.45) is 0 Å². The van der Waals surface area contributed by atoms with Crippen LogP contribution in [0.15, 0.2) is 22.7 Å². The molecule has 1 aromatic rings. The van der Waals surface area contributed by atoms with E-state index in [2.05, 4.69) is 55.0 Å². The van der Waals surface area contributed by atoms with Gasteiger partial charge < -0.3 is 9.64 Å².